The number of esters is 1. The molecule has 1 fully saturated rings. The normalized spacial score (nSPS) is 22.9. The number of rotatable bonds is 15. The number of hydrogen-bond acceptors (Lipinski definition) is 6. The van der Waals surface area contributed by atoms with Crippen LogP contribution in [0.5, 0.6) is 5.75 Å². The highest BCUT2D eigenvalue weighted by molar-refractivity contribution is 6.74. The molecule has 6 nitrogen and oxygen atoms in total. The lowest BCUT2D eigenvalue weighted by Gasteiger charge is -2.53. The van der Waals surface area contributed by atoms with Crippen molar-refractivity contribution in [2.45, 2.75) is 163 Å². The summed E-state index contributed by atoms with van der Waals surface area (Å²) in [5.74, 6) is -0.824. The number of para-hydroxylation sites is 1. The Balaban J connectivity index is 2.22. The summed E-state index contributed by atoms with van der Waals surface area (Å²) in [6.45, 7) is 28.3. The molecule has 0 unspecified atom stereocenters. The highest BCUT2D eigenvalue weighted by atomic mass is 28.4. The second-order valence-corrected chi connectivity index (χ2v) is 20.5. The number of hydrogen-bond donors (Lipinski definition) is 1. The van der Waals surface area contributed by atoms with Crippen LogP contribution in [0.3, 0.4) is 0 Å². The molecule has 0 amide bonds. The number of carbonyl (C=O) groups excluding carboxylic acids is 1. The average molecular weight is 645 g/mol. The fourth-order valence-electron chi connectivity index (χ4n) is 5.99. The van der Waals surface area contributed by atoms with E-state index in [0.29, 0.717) is 5.75 Å². The maximum absolute atomic E-state index is 12.5. The molecule has 1 aromatic rings. The lowest BCUT2D eigenvalue weighted by atomic mass is 9.71. The molecule has 0 aliphatic carbocycles. The number of ether oxygens (including phenoxy) is 3. The molecule has 0 bridgehead atoms. The fourth-order valence-corrected chi connectivity index (χ4v) is 7.39. The molecule has 5 atom stereocenters. The third-order valence-electron chi connectivity index (χ3n) is 9.60. The van der Waals surface area contributed by atoms with Crippen LogP contribution >= 0.6 is 0 Å². The zero-order valence-corrected chi connectivity index (χ0v) is 31.7. The Morgan fingerprint density at radius 2 is 1.69 bits per heavy atom. The number of benzene rings is 1. The Hall–Kier alpha value is -1.77. The van der Waals surface area contributed by atoms with Gasteiger partial charge in [-0.25, -0.2) is 0 Å². The molecule has 0 aromatic heterocycles. The van der Waals surface area contributed by atoms with E-state index in [9.17, 15) is 9.90 Å². The van der Waals surface area contributed by atoms with Crippen LogP contribution < -0.4 is 4.74 Å². The van der Waals surface area contributed by atoms with E-state index in [0.717, 1.165) is 18.4 Å². The highest BCUT2D eigenvalue weighted by Gasteiger charge is 2.50. The maximum atomic E-state index is 12.5. The van der Waals surface area contributed by atoms with Crippen LogP contribution in [0.4, 0.5) is 0 Å². The van der Waals surface area contributed by atoms with E-state index in [1.807, 2.05) is 45.0 Å². The minimum Gasteiger partial charge on any atom is -0.426 e. The molecule has 1 aromatic carbocycles. The van der Waals surface area contributed by atoms with Gasteiger partial charge in [-0.05, 0) is 81.9 Å². The van der Waals surface area contributed by atoms with Gasteiger partial charge in [0.2, 0.25) is 0 Å². The molecule has 0 spiro atoms. The Kier molecular flexibility index (Phi) is 14.3. The van der Waals surface area contributed by atoms with Crippen molar-refractivity contribution >= 4 is 14.3 Å². The molecule has 1 N–H and O–H groups in total. The summed E-state index contributed by atoms with van der Waals surface area (Å²) in [4.78, 5) is 12.5. The predicted molar refractivity (Wildman–Crippen MR) is 188 cm³/mol. The Labute approximate surface area is 276 Å². The van der Waals surface area contributed by atoms with Gasteiger partial charge in [0.25, 0.3) is 0 Å². The van der Waals surface area contributed by atoms with E-state index in [1.165, 1.54) is 24.8 Å². The standard InChI is InChI=1S/C38H64O6Si/c1-14-15-17-22-31(44-45(12,13)36(5,6)7)24-23-27(2)34-37(8,9)35(43-38(10,11)42-34)29(4)25-28(3)32(39)26-33(40)41-30-20-18-16-19-21-30/h16,18-21,23,25,29,31-32,34-35,39H,14-15,17,22,24,26H2,1-13H3/b27-23+,28-25+/t29-,31-,32+,34-,35+/m1/s1. The molecule has 1 aliphatic rings. The summed E-state index contributed by atoms with van der Waals surface area (Å²) < 4.78 is 25.5. The second-order valence-electron chi connectivity index (χ2n) is 15.7. The topological polar surface area (TPSA) is 74.2 Å². The first-order valence-electron chi connectivity index (χ1n) is 17.0. The van der Waals surface area contributed by atoms with Gasteiger partial charge < -0.3 is 23.7 Å². The monoisotopic (exact) mass is 644 g/mol. The van der Waals surface area contributed by atoms with E-state index in [-0.39, 0.29) is 41.1 Å². The minimum atomic E-state index is -1.91. The van der Waals surface area contributed by atoms with Gasteiger partial charge in [-0.1, -0.05) is 98.1 Å². The van der Waals surface area contributed by atoms with Crippen LogP contribution in [0, 0.1) is 11.3 Å². The largest absolute Gasteiger partial charge is 0.426 e. The zero-order valence-electron chi connectivity index (χ0n) is 30.7. The van der Waals surface area contributed by atoms with Crippen molar-refractivity contribution in [2.75, 3.05) is 0 Å². The van der Waals surface area contributed by atoms with Crippen molar-refractivity contribution in [3.8, 4) is 5.75 Å². The zero-order chi connectivity index (χ0) is 34.2. The van der Waals surface area contributed by atoms with Gasteiger partial charge in [0, 0.05) is 17.4 Å². The molecule has 0 saturated carbocycles. The second kappa shape index (κ2) is 16.4. The number of aliphatic hydroxyl groups is 1. The smallest absolute Gasteiger partial charge is 0.314 e. The molecule has 256 valence electrons. The van der Waals surface area contributed by atoms with Gasteiger partial charge in [0.05, 0.1) is 24.7 Å². The van der Waals surface area contributed by atoms with Crippen LogP contribution in [0.1, 0.15) is 115 Å². The van der Waals surface area contributed by atoms with Gasteiger partial charge in [-0.15, -0.1) is 0 Å². The number of carbonyl (C=O) groups is 1. The average Bonchev–Trinajstić information content (AvgIpc) is 2.92. The third-order valence-corrected chi connectivity index (χ3v) is 14.1. The molecule has 1 aliphatic heterocycles. The molecule has 0 radical (unpaired) electrons. The van der Waals surface area contributed by atoms with Gasteiger partial charge >= 0.3 is 5.97 Å². The Morgan fingerprint density at radius 1 is 1.07 bits per heavy atom. The fraction of sp³-hybridized carbons (Fsp3) is 0.711. The summed E-state index contributed by atoms with van der Waals surface area (Å²) in [6.07, 6.45) is 8.69. The number of aliphatic hydroxyl groups excluding tert-OH is 1. The lowest BCUT2D eigenvalue weighted by Crippen LogP contribution is -2.58. The molecule has 45 heavy (non-hydrogen) atoms. The summed E-state index contributed by atoms with van der Waals surface area (Å²) in [5, 5.41) is 11.0. The summed E-state index contributed by atoms with van der Waals surface area (Å²) in [7, 11) is -1.91. The number of unbranched alkanes of at least 4 members (excludes halogenated alkanes) is 2. The molecular weight excluding hydrogens is 580 g/mol. The van der Waals surface area contributed by atoms with Crippen LogP contribution in [0.15, 0.2) is 53.6 Å². The minimum absolute atomic E-state index is 0.0398. The van der Waals surface area contributed by atoms with E-state index in [4.69, 9.17) is 18.6 Å². The summed E-state index contributed by atoms with van der Waals surface area (Å²) >= 11 is 0. The molecule has 7 heteroatoms. The van der Waals surface area contributed by atoms with Gasteiger partial charge in [0.15, 0.2) is 14.1 Å². The Bertz CT molecular complexity index is 1130. The maximum Gasteiger partial charge on any atom is 0.314 e. The van der Waals surface area contributed by atoms with Crippen LogP contribution in [-0.4, -0.2) is 49.6 Å². The summed E-state index contributed by atoms with van der Waals surface area (Å²) in [6, 6.07) is 8.93. The molecule has 2 rings (SSSR count). The van der Waals surface area contributed by atoms with Crippen molar-refractivity contribution < 1.29 is 28.5 Å². The van der Waals surface area contributed by atoms with E-state index >= 15 is 0 Å². The van der Waals surface area contributed by atoms with Crippen molar-refractivity contribution in [1.29, 1.82) is 0 Å². The van der Waals surface area contributed by atoms with Gasteiger partial charge in [0.1, 0.15) is 5.75 Å². The third kappa shape index (κ3) is 11.8. The highest BCUT2D eigenvalue weighted by Crippen LogP contribution is 2.46. The van der Waals surface area contributed by atoms with Gasteiger partial charge in [-0.2, -0.15) is 0 Å². The van der Waals surface area contributed by atoms with Gasteiger partial charge in [-0.3, -0.25) is 4.79 Å². The van der Waals surface area contributed by atoms with E-state index in [1.54, 1.807) is 12.1 Å². The van der Waals surface area contributed by atoms with E-state index in [2.05, 4.69) is 74.6 Å². The van der Waals surface area contributed by atoms with Crippen molar-refractivity contribution in [3.05, 3.63) is 53.6 Å². The predicted octanol–water partition coefficient (Wildman–Crippen LogP) is 9.78. The first-order valence-corrected chi connectivity index (χ1v) is 19.9. The lowest BCUT2D eigenvalue weighted by molar-refractivity contribution is -0.339. The van der Waals surface area contributed by atoms with Crippen LogP contribution in [-0.2, 0) is 18.7 Å². The molecule has 1 saturated heterocycles. The van der Waals surface area contributed by atoms with Crippen molar-refractivity contribution in [3.63, 3.8) is 0 Å². The quantitative estimate of drug-likeness (QED) is 0.0674. The summed E-state index contributed by atoms with van der Waals surface area (Å²) in [5.41, 5.74) is 1.55. The van der Waals surface area contributed by atoms with Crippen LogP contribution in [0.25, 0.3) is 0 Å². The van der Waals surface area contributed by atoms with E-state index < -0.39 is 26.2 Å². The first kappa shape index (κ1) is 39.4. The van der Waals surface area contributed by atoms with Crippen molar-refractivity contribution in [1.82, 2.24) is 0 Å². The van der Waals surface area contributed by atoms with Crippen molar-refractivity contribution in [2.24, 2.45) is 11.3 Å². The Morgan fingerprint density at radius 3 is 2.27 bits per heavy atom. The first-order chi connectivity index (χ1) is 20.7. The molecule has 1 heterocycles. The van der Waals surface area contributed by atoms with Crippen LogP contribution in [0.2, 0.25) is 18.1 Å². The SMILES string of the molecule is CCCCC[C@H](C/C=C(\C)[C@H]1OC(C)(C)O[C@@H]([C@H](C)/C=C(\C)[C@@H](O)CC(=O)Oc2ccccc2)C1(C)C)O[Si](C)(C)C(C)(C)C. The molecular formula is C38H64O6Si.